The van der Waals surface area contributed by atoms with Gasteiger partial charge < -0.3 is 10.2 Å². The van der Waals surface area contributed by atoms with Crippen molar-refractivity contribution in [2.45, 2.75) is 11.3 Å². The van der Waals surface area contributed by atoms with Crippen LogP contribution in [0.25, 0.3) is 5.82 Å². The molecule has 1 saturated heterocycles. The van der Waals surface area contributed by atoms with E-state index < -0.39 is 5.92 Å². The maximum atomic E-state index is 12.8. The van der Waals surface area contributed by atoms with E-state index in [0.29, 0.717) is 18.1 Å². The Hall–Kier alpha value is -3.13. The van der Waals surface area contributed by atoms with Crippen LogP contribution in [0.2, 0.25) is 0 Å². The quantitative estimate of drug-likeness (QED) is 0.674. The first-order chi connectivity index (χ1) is 13.7. The average molecular weight is 393 g/mol. The number of anilines is 2. The molecule has 0 bridgehead atoms. The fourth-order valence-corrected chi connectivity index (χ4v) is 3.61. The summed E-state index contributed by atoms with van der Waals surface area (Å²) in [5, 5.41) is 7.08. The van der Waals surface area contributed by atoms with Crippen LogP contribution in [0.1, 0.15) is 6.42 Å². The third kappa shape index (κ3) is 3.63. The fourth-order valence-electron chi connectivity index (χ4n) is 3.20. The van der Waals surface area contributed by atoms with Crippen molar-refractivity contribution in [3.8, 4) is 5.82 Å². The molecule has 0 aliphatic carbocycles. The molecule has 4 rings (SSSR count). The number of nitrogens with zero attached hydrogens (tertiary/aromatic N) is 4. The van der Waals surface area contributed by atoms with Gasteiger partial charge in [-0.05, 0) is 48.7 Å². The normalized spacial score (nSPS) is 16.4. The minimum absolute atomic E-state index is 0.0458. The number of nitrogens with one attached hydrogen (secondary N) is 1. The van der Waals surface area contributed by atoms with Gasteiger partial charge in [0.2, 0.25) is 11.8 Å². The molecule has 0 saturated carbocycles. The Bertz CT molecular complexity index is 988. The minimum atomic E-state index is -0.418. The lowest BCUT2D eigenvalue weighted by molar-refractivity contribution is -0.122. The number of thioether (sulfide) groups is 1. The van der Waals surface area contributed by atoms with Crippen molar-refractivity contribution in [1.29, 1.82) is 0 Å². The highest BCUT2D eigenvalue weighted by molar-refractivity contribution is 7.98. The van der Waals surface area contributed by atoms with E-state index in [-0.39, 0.29) is 18.2 Å². The number of carbonyl (C=O) groups is 2. The van der Waals surface area contributed by atoms with Gasteiger partial charge in [0.15, 0.2) is 5.82 Å². The molecule has 0 spiro atoms. The monoisotopic (exact) mass is 393 g/mol. The summed E-state index contributed by atoms with van der Waals surface area (Å²) in [6.45, 7) is 0.362. The smallest absolute Gasteiger partial charge is 0.229 e. The summed E-state index contributed by atoms with van der Waals surface area (Å²) in [6, 6.07) is 13.1. The molecule has 142 valence electrons. The third-order valence-corrected chi connectivity index (χ3v) is 5.39. The van der Waals surface area contributed by atoms with E-state index in [1.165, 1.54) is 0 Å². The van der Waals surface area contributed by atoms with Crippen LogP contribution in [0.4, 0.5) is 11.4 Å². The van der Waals surface area contributed by atoms with Crippen LogP contribution in [-0.4, -0.2) is 39.4 Å². The van der Waals surface area contributed by atoms with Gasteiger partial charge in [-0.15, -0.1) is 11.8 Å². The second-order valence-corrected chi connectivity index (χ2v) is 7.30. The number of pyridine rings is 1. The highest BCUT2D eigenvalue weighted by atomic mass is 32.2. The Morgan fingerprint density at radius 3 is 2.71 bits per heavy atom. The number of hydrogen-bond acceptors (Lipinski definition) is 5. The first-order valence-electron chi connectivity index (χ1n) is 8.86. The molecule has 1 fully saturated rings. The standard InChI is InChI=1S/C20H19N5O2S/c1-28-16-7-5-15(6-8-16)24-13-14(12-18(24)26)20(27)23-17-4-2-9-21-19(17)25-11-3-10-22-25/h2-11,14H,12-13H2,1H3,(H,23,27). The van der Waals surface area contributed by atoms with Gasteiger partial charge in [0.25, 0.3) is 0 Å². The van der Waals surface area contributed by atoms with E-state index in [4.69, 9.17) is 0 Å². The zero-order valence-corrected chi connectivity index (χ0v) is 16.1. The Kier molecular flexibility index (Phi) is 5.12. The molecule has 1 aromatic carbocycles. The van der Waals surface area contributed by atoms with Crippen molar-refractivity contribution >= 4 is 35.0 Å². The maximum absolute atomic E-state index is 12.8. The van der Waals surface area contributed by atoms with E-state index in [2.05, 4.69) is 15.4 Å². The van der Waals surface area contributed by atoms with Crippen molar-refractivity contribution in [1.82, 2.24) is 14.8 Å². The molecule has 1 atom stereocenters. The van der Waals surface area contributed by atoms with Gasteiger partial charge in [-0.2, -0.15) is 5.10 Å². The molecule has 7 nitrogen and oxygen atoms in total. The number of aromatic nitrogens is 3. The number of hydrogen-bond donors (Lipinski definition) is 1. The van der Waals surface area contributed by atoms with Gasteiger partial charge >= 0.3 is 0 Å². The molecule has 0 radical (unpaired) electrons. The predicted molar refractivity (Wildman–Crippen MR) is 109 cm³/mol. The number of amides is 2. The molecule has 1 unspecified atom stereocenters. The maximum Gasteiger partial charge on any atom is 0.229 e. The largest absolute Gasteiger partial charge is 0.323 e. The Balaban J connectivity index is 1.49. The molecule has 1 aliphatic rings. The van der Waals surface area contributed by atoms with Crippen molar-refractivity contribution in [3.05, 3.63) is 61.1 Å². The summed E-state index contributed by atoms with van der Waals surface area (Å²) in [4.78, 5) is 32.4. The first kappa shape index (κ1) is 18.2. The molecular formula is C20H19N5O2S. The molecule has 28 heavy (non-hydrogen) atoms. The highest BCUT2D eigenvalue weighted by Gasteiger charge is 2.35. The van der Waals surface area contributed by atoms with Crippen LogP contribution in [0.5, 0.6) is 0 Å². The second-order valence-electron chi connectivity index (χ2n) is 6.42. The van der Waals surface area contributed by atoms with Crippen LogP contribution in [0.3, 0.4) is 0 Å². The SMILES string of the molecule is CSc1ccc(N2CC(C(=O)Nc3cccnc3-n3cccn3)CC2=O)cc1. The minimum Gasteiger partial charge on any atom is -0.323 e. The lowest BCUT2D eigenvalue weighted by Crippen LogP contribution is -2.28. The van der Waals surface area contributed by atoms with Crippen molar-refractivity contribution in [2.24, 2.45) is 5.92 Å². The second kappa shape index (κ2) is 7.85. The highest BCUT2D eigenvalue weighted by Crippen LogP contribution is 2.28. The Morgan fingerprint density at radius 1 is 1.18 bits per heavy atom. The van der Waals surface area contributed by atoms with Crippen LogP contribution in [-0.2, 0) is 9.59 Å². The summed E-state index contributed by atoms with van der Waals surface area (Å²) >= 11 is 1.65. The number of carbonyl (C=O) groups excluding carboxylic acids is 2. The summed E-state index contributed by atoms with van der Waals surface area (Å²) in [6.07, 6.45) is 7.25. The van der Waals surface area contributed by atoms with Crippen molar-refractivity contribution in [3.63, 3.8) is 0 Å². The molecule has 2 amide bonds. The zero-order valence-electron chi connectivity index (χ0n) is 15.3. The Morgan fingerprint density at radius 2 is 2.00 bits per heavy atom. The van der Waals surface area contributed by atoms with Crippen LogP contribution in [0, 0.1) is 5.92 Å². The van der Waals surface area contributed by atoms with Crippen molar-refractivity contribution < 1.29 is 9.59 Å². The topological polar surface area (TPSA) is 80.1 Å². The number of benzene rings is 1. The van der Waals surface area contributed by atoms with Crippen LogP contribution in [0.15, 0.2) is 66.0 Å². The molecule has 3 heterocycles. The van der Waals surface area contributed by atoms with Gasteiger partial charge in [-0.1, -0.05) is 0 Å². The summed E-state index contributed by atoms with van der Waals surface area (Å²) in [5.41, 5.74) is 1.38. The predicted octanol–water partition coefficient (Wildman–Crippen LogP) is 2.98. The van der Waals surface area contributed by atoms with Gasteiger partial charge in [0.1, 0.15) is 0 Å². The summed E-state index contributed by atoms with van der Waals surface area (Å²) in [5.74, 6) is -0.124. The average Bonchev–Trinajstić information content (AvgIpc) is 3.38. The molecule has 8 heteroatoms. The van der Waals surface area contributed by atoms with Crippen molar-refractivity contribution in [2.75, 3.05) is 23.0 Å². The van der Waals surface area contributed by atoms with E-state index in [1.54, 1.807) is 58.1 Å². The van der Waals surface area contributed by atoms with Gasteiger partial charge in [0.05, 0.1) is 11.6 Å². The van der Waals surface area contributed by atoms with Gasteiger partial charge in [-0.3, -0.25) is 9.59 Å². The molecule has 2 aromatic heterocycles. The van der Waals surface area contributed by atoms with E-state index in [0.717, 1.165) is 10.6 Å². The first-order valence-corrected chi connectivity index (χ1v) is 10.1. The lowest BCUT2D eigenvalue weighted by Gasteiger charge is -2.17. The lowest BCUT2D eigenvalue weighted by atomic mass is 10.1. The molecule has 1 N–H and O–H groups in total. The fraction of sp³-hybridized carbons (Fsp3) is 0.200. The molecule has 1 aliphatic heterocycles. The van der Waals surface area contributed by atoms with Crippen LogP contribution < -0.4 is 10.2 Å². The van der Waals surface area contributed by atoms with E-state index >= 15 is 0 Å². The van der Waals surface area contributed by atoms with E-state index in [1.807, 2.05) is 30.5 Å². The molecule has 3 aromatic rings. The summed E-state index contributed by atoms with van der Waals surface area (Å²) < 4.78 is 1.59. The molecular weight excluding hydrogens is 374 g/mol. The summed E-state index contributed by atoms with van der Waals surface area (Å²) in [7, 11) is 0. The Labute approximate surface area is 166 Å². The third-order valence-electron chi connectivity index (χ3n) is 4.65. The zero-order chi connectivity index (χ0) is 19.5. The number of rotatable bonds is 5. The van der Waals surface area contributed by atoms with E-state index in [9.17, 15) is 9.59 Å². The van der Waals surface area contributed by atoms with Gasteiger partial charge in [0, 0.05) is 42.1 Å². The van der Waals surface area contributed by atoms with Crippen LogP contribution >= 0.6 is 11.8 Å². The van der Waals surface area contributed by atoms with Gasteiger partial charge in [-0.25, -0.2) is 9.67 Å².